The number of carbonyl (C=O) groups excluding carboxylic acids is 1. The van der Waals surface area contributed by atoms with E-state index in [9.17, 15) is 22.4 Å². The highest BCUT2D eigenvalue weighted by Crippen LogP contribution is 2.34. The Morgan fingerprint density at radius 3 is 2.10 bits per heavy atom. The number of alkyl halides is 3. The third-order valence-corrected chi connectivity index (χ3v) is 5.34. The van der Waals surface area contributed by atoms with Gasteiger partial charge in [-0.15, -0.1) is 0 Å². The van der Waals surface area contributed by atoms with Gasteiger partial charge in [0, 0.05) is 12.2 Å². The number of hydrogen-bond acceptors (Lipinski definition) is 1. The number of halogens is 4. The van der Waals surface area contributed by atoms with E-state index in [0.717, 1.165) is 29.3 Å². The lowest BCUT2D eigenvalue weighted by Gasteiger charge is -2.32. The molecule has 4 rings (SSSR count). The lowest BCUT2D eigenvalue weighted by atomic mass is 9.89. The predicted molar refractivity (Wildman–Crippen MR) is 106 cm³/mol. The fraction of sp³-hybridized carbons (Fsp3) is 0.208. The molecule has 1 fully saturated rings. The molecular weight excluding hydrogens is 394 g/mol. The number of amides is 1. The Hall–Kier alpha value is -3.15. The van der Waals surface area contributed by atoms with Crippen molar-refractivity contribution >= 4 is 11.6 Å². The summed E-state index contributed by atoms with van der Waals surface area (Å²) in [5.41, 5.74) is 2.19. The van der Waals surface area contributed by atoms with E-state index in [1.165, 1.54) is 24.3 Å². The molecule has 3 aromatic rings. The van der Waals surface area contributed by atoms with E-state index < -0.39 is 17.7 Å². The van der Waals surface area contributed by atoms with Gasteiger partial charge >= 0.3 is 6.18 Å². The summed E-state index contributed by atoms with van der Waals surface area (Å²) in [4.78, 5) is 14.7. The quantitative estimate of drug-likeness (QED) is 0.468. The van der Waals surface area contributed by atoms with Gasteiger partial charge in [0.15, 0.2) is 0 Å². The van der Waals surface area contributed by atoms with Gasteiger partial charge in [-0.2, -0.15) is 13.2 Å². The first-order chi connectivity index (χ1) is 14.3. The topological polar surface area (TPSA) is 20.3 Å². The van der Waals surface area contributed by atoms with Crippen LogP contribution in [0.5, 0.6) is 0 Å². The van der Waals surface area contributed by atoms with Gasteiger partial charge in [-0.1, -0.05) is 30.3 Å². The Balaban J connectivity index is 1.53. The summed E-state index contributed by atoms with van der Waals surface area (Å²) in [6, 6.07) is 19.4. The molecule has 2 nitrogen and oxygen atoms in total. The molecule has 0 N–H and O–H groups in total. The monoisotopic (exact) mass is 412 g/mol. The van der Waals surface area contributed by atoms with Gasteiger partial charge in [0.1, 0.15) is 5.82 Å². The number of benzene rings is 3. The minimum absolute atomic E-state index is 0.135. The average Bonchev–Trinajstić information content (AvgIpc) is 2.74. The van der Waals surface area contributed by atoms with Crippen molar-refractivity contribution in [3.8, 4) is 11.1 Å². The highest BCUT2D eigenvalue weighted by atomic mass is 19.4. The first-order valence-corrected chi connectivity index (χ1v) is 9.59. The average molecular weight is 412 g/mol. The molecule has 1 heterocycles. The molecule has 1 atom stereocenters. The molecule has 1 amide bonds. The van der Waals surface area contributed by atoms with Gasteiger partial charge in [0.2, 0.25) is 5.91 Å². The van der Waals surface area contributed by atoms with Crippen LogP contribution in [0.4, 0.5) is 23.2 Å². The van der Waals surface area contributed by atoms with Gasteiger partial charge < -0.3 is 4.90 Å². The van der Waals surface area contributed by atoms with E-state index >= 15 is 0 Å². The van der Waals surface area contributed by atoms with Crippen molar-refractivity contribution in [1.29, 1.82) is 0 Å². The maximum Gasteiger partial charge on any atom is 0.417 e. The summed E-state index contributed by atoms with van der Waals surface area (Å²) >= 11 is 0. The zero-order chi connectivity index (χ0) is 21.3. The minimum Gasteiger partial charge on any atom is -0.312 e. The molecule has 0 saturated carbocycles. The maximum atomic E-state index is 13.1. The number of hydrogen-bond donors (Lipinski definition) is 0. The number of rotatable bonds is 3. The van der Waals surface area contributed by atoms with Crippen molar-refractivity contribution in [1.82, 2.24) is 0 Å². The highest BCUT2D eigenvalue weighted by molar-refractivity contribution is 5.99. The summed E-state index contributed by atoms with van der Waals surface area (Å²) in [6.07, 6.45) is -3.12. The van der Waals surface area contributed by atoms with Crippen LogP contribution in [0.3, 0.4) is 0 Å². The molecule has 1 aliphatic heterocycles. The van der Waals surface area contributed by atoms with E-state index in [4.69, 9.17) is 0 Å². The van der Waals surface area contributed by atoms with Gasteiger partial charge in [-0.05, 0) is 72.0 Å². The molecule has 0 bridgehead atoms. The number of nitrogens with zero attached hydrogens (tertiary/aromatic N) is 1. The number of piperidine rings is 1. The lowest BCUT2D eigenvalue weighted by Crippen LogP contribution is -2.40. The van der Waals surface area contributed by atoms with Gasteiger partial charge in [-0.3, -0.25) is 4.79 Å². The first-order valence-electron chi connectivity index (χ1n) is 9.59. The van der Waals surface area contributed by atoms with E-state index in [0.29, 0.717) is 18.5 Å². The largest absolute Gasteiger partial charge is 0.417 e. The first kappa shape index (κ1) is 20.1. The molecule has 0 aromatic heterocycles. The van der Waals surface area contributed by atoms with Crippen LogP contribution in [0, 0.1) is 11.9 Å². The fourth-order valence-corrected chi connectivity index (χ4v) is 3.75. The molecule has 0 aliphatic carbocycles. The third kappa shape index (κ3) is 4.08. The van der Waals surface area contributed by atoms with Crippen molar-refractivity contribution in [2.75, 3.05) is 11.4 Å². The van der Waals surface area contributed by atoms with Gasteiger partial charge in [0.05, 0.1) is 11.5 Å². The van der Waals surface area contributed by atoms with Gasteiger partial charge in [0.25, 0.3) is 0 Å². The Morgan fingerprint density at radius 1 is 0.900 bits per heavy atom. The van der Waals surface area contributed by atoms with Crippen molar-refractivity contribution in [2.45, 2.75) is 24.9 Å². The Bertz CT molecular complexity index is 1020. The molecule has 3 aromatic carbocycles. The molecule has 6 heteroatoms. The van der Waals surface area contributed by atoms with E-state index in [-0.39, 0.29) is 11.7 Å². The van der Waals surface area contributed by atoms with Crippen LogP contribution in [0.1, 0.15) is 29.9 Å². The van der Waals surface area contributed by atoms with Crippen molar-refractivity contribution in [2.24, 2.45) is 0 Å². The maximum absolute atomic E-state index is 13.1. The second-order valence-electron chi connectivity index (χ2n) is 7.27. The molecule has 1 saturated heterocycles. The van der Waals surface area contributed by atoms with E-state index in [1.54, 1.807) is 17.0 Å². The standard InChI is InChI=1S/C24H18F4NO/c25-20-11-5-16(6-12-20)17-7-13-21(14-8-17)29-15-1-2-22(23(29)30)18-3-9-19(10-4-18)24(26,27)28/h3-9,11-14,22H,1-2,15H2. The smallest absolute Gasteiger partial charge is 0.312 e. The third-order valence-electron chi connectivity index (χ3n) is 5.34. The van der Waals surface area contributed by atoms with Crippen LogP contribution < -0.4 is 4.90 Å². The summed E-state index contributed by atoms with van der Waals surface area (Å²) < 4.78 is 51.4. The van der Waals surface area contributed by atoms with Crippen LogP contribution in [0.25, 0.3) is 11.1 Å². The summed E-state index contributed by atoms with van der Waals surface area (Å²) in [5, 5.41) is 0. The lowest BCUT2D eigenvalue weighted by molar-refractivity contribution is -0.137. The van der Waals surface area contributed by atoms with Crippen LogP contribution >= 0.6 is 0 Å². The highest BCUT2D eigenvalue weighted by Gasteiger charge is 2.33. The second-order valence-corrected chi connectivity index (χ2v) is 7.27. The zero-order valence-corrected chi connectivity index (χ0v) is 15.9. The minimum atomic E-state index is -4.45. The Morgan fingerprint density at radius 2 is 1.53 bits per heavy atom. The number of anilines is 1. The van der Waals surface area contributed by atoms with Crippen LogP contribution in [0.2, 0.25) is 0 Å². The summed E-state index contributed by atoms with van der Waals surface area (Å²) in [5.74, 6) is -0.932. The molecule has 153 valence electrons. The Kier molecular flexibility index (Phi) is 5.33. The molecular formula is C24H18F4NO. The summed E-state index contributed by atoms with van der Waals surface area (Å²) in [7, 11) is 0. The summed E-state index contributed by atoms with van der Waals surface area (Å²) in [6.45, 7) is 0.551. The van der Waals surface area contributed by atoms with E-state index in [1.807, 2.05) is 24.3 Å². The molecule has 1 radical (unpaired) electrons. The Labute approximate surface area is 171 Å². The normalized spacial score (nSPS) is 17.3. The number of carbonyl (C=O) groups is 1. The van der Waals surface area contributed by atoms with Crippen molar-refractivity contribution in [3.05, 3.63) is 89.7 Å². The van der Waals surface area contributed by atoms with Crippen molar-refractivity contribution in [3.63, 3.8) is 0 Å². The molecule has 0 spiro atoms. The zero-order valence-electron chi connectivity index (χ0n) is 15.9. The van der Waals surface area contributed by atoms with Crippen molar-refractivity contribution < 1.29 is 22.4 Å². The second kappa shape index (κ2) is 7.94. The fourth-order valence-electron chi connectivity index (χ4n) is 3.75. The van der Waals surface area contributed by atoms with Crippen LogP contribution in [-0.2, 0) is 11.0 Å². The molecule has 1 unspecified atom stereocenters. The van der Waals surface area contributed by atoms with Gasteiger partial charge in [-0.25, -0.2) is 4.39 Å². The van der Waals surface area contributed by atoms with E-state index in [2.05, 4.69) is 6.07 Å². The molecule has 30 heavy (non-hydrogen) atoms. The predicted octanol–water partition coefficient (Wildman–Crippen LogP) is 6.22. The van der Waals surface area contributed by atoms with Crippen LogP contribution in [0.15, 0.2) is 66.7 Å². The SMILES string of the molecule is O=C1C(c2c[c]c(C(F)(F)F)cc2)CCCN1c1ccc(-c2ccc(F)cc2)cc1. The van der Waals surface area contributed by atoms with Crippen LogP contribution in [-0.4, -0.2) is 12.5 Å². The molecule has 1 aliphatic rings.